The monoisotopic (exact) mass is 335 g/mol. The number of amides is 1. The first-order chi connectivity index (χ1) is 9.38. The van der Waals surface area contributed by atoms with Crippen molar-refractivity contribution in [3.05, 3.63) is 27.2 Å². The average molecular weight is 337 g/mol. The molecule has 1 N–H and O–H groups in total. The minimum atomic E-state index is -0.480. The fraction of sp³-hybridized carbons (Fsp3) is 0.385. The number of halogens is 3. The molecule has 1 aromatic rings. The lowest BCUT2D eigenvalue weighted by atomic mass is 10.3. The number of ether oxygens (including phenoxy) is 1. The minimum Gasteiger partial charge on any atom is -0.455 e. The highest BCUT2D eigenvalue weighted by molar-refractivity contribution is 6.44. The summed E-state index contributed by atoms with van der Waals surface area (Å²) < 4.78 is 4.91. The molecular formula is C13H12Cl3NO3. The van der Waals surface area contributed by atoms with E-state index in [1.54, 1.807) is 0 Å². The van der Waals surface area contributed by atoms with Crippen LogP contribution in [0.4, 0.5) is 5.69 Å². The zero-order chi connectivity index (χ0) is 14.9. The maximum atomic E-state index is 11.7. The predicted octanol–water partition coefficient (Wildman–Crippen LogP) is 3.78. The molecule has 2 atom stereocenters. The number of rotatable bonds is 4. The summed E-state index contributed by atoms with van der Waals surface area (Å²) in [5, 5.41) is 3.34. The lowest BCUT2D eigenvalue weighted by molar-refractivity contribution is -0.148. The summed E-state index contributed by atoms with van der Waals surface area (Å²) in [5.74, 6) is -0.550. The molecule has 108 valence electrons. The molecular weight excluding hydrogens is 325 g/mol. The Bertz CT molecular complexity index is 562. The van der Waals surface area contributed by atoms with Crippen LogP contribution in [0.1, 0.15) is 13.3 Å². The van der Waals surface area contributed by atoms with Gasteiger partial charge in [0.15, 0.2) is 6.61 Å². The lowest BCUT2D eigenvalue weighted by Crippen LogP contribution is -2.21. The second-order valence-corrected chi connectivity index (χ2v) is 5.94. The van der Waals surface area contributed by atoms with Crippen molar-refractivity contribution in [1.82, 2.24) is 0 Å². The Morgan fingerprint density at radius 3 is 2.45 bits per heavy atom. The first kappa shape index (κ1) is 15.4. The van der Waals surface area contributed by atoms with E-state index in [1.807, 2.05) is 6.92 Å². The summed E-state index contributed by atoms with van der Waals surface area (Å²) in [6.45, 7) is 1.61. The molecule has 1 fully saturated rings. The van der Waals surface area contributed by atoms with Crippen LogP contribution in [-0.4, -0.2) is 18.5 Å². The highest BCUT2D eigenvalue weighted by Crippen LogP contribution is 2.38. The van der Waals surface area contributed by atoms with E-state index >= 15 is 0 Å². The summed E-state index contributed by atoms with van der Waals surface area (Å²) in [6.07, 6.45) is 0.819. The van der Waals surface area contributed by atoms with Crippen LogP contribution in [-0.2, 0) is 14.3 Å². The van der Waals surface area contributed by atoms with Gasteiger partial charge in [-0.25, -0.2) is 0 Å². The Hall–Kier alpha value is -0.970. The third-order valence-electron chi connectivity index (χ3n) is 3.04. The predicted molar refractivity (Wildman–Crippen MR) is 78.3 cm³/mol. The zero-order valence-corrected chi connectivity index (χ0v) is 12.9. The summed E-state index contributed by atoms with van der Waals surface area (Å²) in [5.41, 5.74) is 0.321. The van der Waals surface area contributed by atoms with Crippen LogP contribution in [0.5, 0.6) is 0 Å². The zero-order valence-electron chi connectivity index (χ0n) is 10.6. The molecule has 1 aromatic carbocycles. The number of benzene rings is 1. The van der Waals surface area contributed by atoms with Crippen molar-refractivity contribution in [2.24, 2.45) is 11.8 Å². The first-order valence-corrected chi connectivity index (χ1v) is 7.13. The molecule has 0 spiro atoms. The second kappa shape index (κ2) is 6.20. The maximum absolute atomic E-state index is 11.7. The van der Waals surface area contributed by atoms with Gasteiger partial charge >= 0.3 is 5.97 Å². The smallest absolute Gasteiger partial charge is 0.309 e. The van der Waals surface area contributed by atoms with Crippen molar-refractivity contribution >= 4 is 52.4 Å². The van der Waals surface area contributed by atoms with Gasteiger partial charge < -0.3 is 10.1 Å². The molecule has 0 aliphatic heterocycles. The van der Waals surface area contributed by atoms with Gasteiger partial charge in [-0.15, -0.1) is 0 Å². The van der Waals surface area contributed by atoms with Gasteiger partial charge in [0.2, 0.25) is 0 Å². The minimum absolute atomic E-state index is 0.0728. The molecule has 0 saturated heterocycles. The van der Waals surface area contributed by atoms with E-state index in [1.165, 1.54) is 12.1 Å². The molecule has 7 heteroatoms. The largest absolute Gasteiger partial charge is 0.455 e. The lowest BCUT2D eigenvalue weighted by Gasteiger charge is -2.09. The third kappa shape index (κ3) is 3.78. The number of hydrogen-bond acceptors (Lipinski definition) is 3. The van der Waals surface area contributed by atoms with Gasteiger partial charge in [0.25, 0.3) is 5.91 Å². The number of esters is 1. The Morgan fingerprint density at radius 2 is 1.85 bits per heavy atom. The molecule has 1 amide bonds. The second-order valence-electron chi connectivity index (χ2n) is 4.72. The van der Waals surface area contributed by atoms with Gasteiger partial charge in [0.05, 0.1) is 26.7 Å². The number of carbonyl (C=O) groups is 2. The van der Waals surface area contributed by atoms with E-state index in [2.05, 4.69) is 5.32 Å². The van der Waals surface area contributed by atoms with Crippen molar-refractivity contribution in [2.45, 2.75) is 13.3 Å². The van der Waals surface area contributed by atoms with Crippen LogP contribution in [0.3, 0.4) is 0 Å². The Balaban J connectivity index is 1.88. The SMILES string of the molecule is C[C@@H]1C[C@@H]1C(=O)OCC(=O)Nc1cc(Cl)c(Cl)cc1Cl. The number of nitrogens with one attached hydrogen (secondary N) is 1. The van der Waals surface area contributed by atoms with Crippen LogP contribution in [0.2, 0.25) is 15.1 Å². The van der Waals surface area contributed by atoms with E-state index in [4.69, 9.17) is 39.5 Å². The van der Waals surface area contributed by atoms with Crippen molar-refractivity contribution in [1.29, 1.82) is 0 Å². The number of carbonyl (C=O) groups excluding carboxylic acids is 2. The van der Waals surface area contributed by atoms with Crippen LogP contribution in [0, 0.1) is 11.8 Å². The third-order valence-corrected chi connectivity index (χ3v) is 4.08. The molecule has 0 heterocycles. The molecule has 4 nitrogen and oxygen atoms in total. The molecule has 20 heavy (non-hydrogen) atoms. The maximum Gasteiger partial charge on any atom is 0.309 e. The first-order valence-electron chi connectivity index (χ1n) is 5.99. The molecule has 2 rings (SSSR count). The standard InChI is InChI=1S/C13H12Cl3NO3/c1-6-2-7(6)13(19)20-5-12(18)17-11-4-9(15)8(14)3-10(11)16/h3-4,6-7H,2,5H2,1H3,(H,17,18)/t6-,7+/m1/s1. The van der Waals surface area contributed by atoms with Crippen molar-refractivity contribution < 1.29 is 14.3 Å². The van der Waals surface area contributed by atoms with Gasteiger partial charge in [-0.05, 0) is 24.5 Å². The van der Waals surface area contributed by atoms with Crippen LogP contribution >= 0.6 is 34.8 Å². The Kier molecular flexibility index (Phi) is 4.78. The highest BCUT2D eigenvalue weighted by Gasteiger charge is 2.40. The van der Waals surface area contributed by atoms with E-state index in [0.717, 1.165) is 6.42 Å². The van der Waals surface area contributed by atoms with Gasteiger partial charge in [0.1, 0.15) is 0 Å². The topological polar surface area (TPSA) is 55.4 Å². The molecule has 0 aromatic heterocycles. The quantitative estimate of drug-likeness (QED) is 0.672. The fourth-order valence-electron chi connectivity index (χ4n) is 1.70. The summed E-state index contributed by atoms with van der Waals surface area (Å²) in [6, 6.07) is 2.87. The van der Waals surface area contributed by atoms with Gasteiger partial charge in [-0.1, -0.05) is 41.7 Å². The van der Waals surface area contributed by atoms with Crippen LogP contribution in [0.15, 0.2) is 12.1 Å². The van der Waals surface area contributed by atoms with E-state index in [0.29, 0.717) is 16.6 Å². The van der Waals surface area contributed by atoms with Gasteiger partial charge in [-0.3, -0.25) is 9.59 Å². The Labute approximate surface area is 131 Å². The number of anilines is 1. The van der Waals surface area contributed by atoms with E-state index in [-0.39, 0.29) is 28.5 Å². The fourth-order valence-corrected chi connectivity index (χ4v) is 2.29. The normalized spacial score (nSPS) is 20.4. The van der Waals surface area contributed by atoms with Crippen LogP contribution in [0.25, 0.3) is 0 Å². The van der Waals surface area contributed by atoms with Crippen molar-refractivity contribution in [3.63, 3.8) is 0 Å². The van der Waals surface area contributed by atoms with E-state index < -0.39 is 5.91 Å². The van der Waals surface area contributed by atoms with Crippen molar-refractivity contribution in [3.8, 4) is 0 Å². The highest BCUT2D eigenvalue weighted by atomic mass is 35.5. The molecule has 1 aliphatic carbocycles. The van der Waals surface area contributed by atoms with E-state index in [9.17, 15) is 9.59 Å². The molecule has 0 unspecified atom stereocenters. The van der Waals surface area contributed by atoms with Gasteiger partial charge in [-0.2, -0.15) is 0 Å². The average Bonchev–Trinajstić information content (AvgIpc) is 3.10. The number of hydrogen-bond donors (Lipinski definition) is 1. The molecule has 1 aliphatic rings. The molecule has 0 bridgehead atoms. The Morgan fingerprint density at radius 1 is 1.25 bits per heavy atom. The van der Waals surface area contributed by atoms with Crippen LogP contribution < -0.4 is 5.32 Å². The molecule has 0 radical (unpaired) electrons. The van der Waals surface area contributed by atoms with Gasteiger partial charge in [0, 0.05) is 0 Å². The summed E-state index contributed by atoms with van der Waals surface area (Å²) >= 11 is 17.5. The molecule has 1 saturated carbocycles. The summed E-state index contributed by atoms with van der Waals surface area (Å²) in [4.78, 5) is 23.1. The summed E-state index contributed by atoms with van der Waals surface area (Å²) in [7, 11) is 0. The van der Waals surface area contributed by atoms with Crippen molar-refractivity contribution in [2.75, 3.05) is 11.9 Å².